The minimum absolute atomic E-state index is 0.0809. The van der Waals surface area contributed by atoms with E-state index in [1.807, 2.05) is 6.92 Å². The fraction of sp³-hybridized carbons (Fsp3) is 0.929. The summed E-state index contributed by atoms with van der Waals surface area (Å²) in [6, 6.07) is 0. The van der Waals surface area contributed by atoms with Crippen molar-refractivity contribution in [2.45, 2.75) is 50.7 Å². The van der Waals surface area contributed by atoms with Gasteiger partial charge in [0.15, 0.2) is 6.10 Å². The lowest BCUT2D eigenvalue weighted by atomic mass is 9.74. The van der Waals surface area contributed by atoms with E-state index in [0.29, 0.717) is 12.5 Å². The molecule has 3 aliphatic carbocycles. The van der Waals surface area contributed by atoms with Crippen molar-refractivity contribution < 1.29 is 14.3 Å². The molecule has 0 N–H and O–H groups in total. The van der Waals surface area contributed by atoms with Gasteiger partial charge in [-0.15, -0.1) is 0 Å². The van der Waals surface area contributed by atoms with E-state index < -0.39 is 0 Å². The molecule has 0 aromatic heterocycles. The molecule has 4 aliphatic rings. The van der Waals surface area contributed by atoms with Gasteiger partial charge in [0.1, 0.15) is 5.60 Å². The van der Waals surface area contributed by atoms with Crippen molar-refractivity contribution in [1.29, 1.82) is 0 Å². The molecule has 4 rings (SSSR count). The molecule has 0 amide bonds. The summed E-state index contributed by atoms with van der Waals surface area (Å²) in [4.78, 5) is 11.8. The molecule has 1 spiro atoms. The lowest BCUT2D eigenvalue weighted by Gasteiger charge is -2.29. The first-order valence-electron chi connectivity index (χ1n) is 7.10. The Morgan fingerprint density at radius 2 is 2.24 bits per heavy atom. The summed E-state index contributed by atoms with van der Waals surface area (Å²) in [5, 5.41) is 0. The molecule has 1 aliphatic heterocycles. The molecule has 94 valence electrons. The van der Waals surface area contributed by atoms with Gasteiger partial charge in [0.05, 0.1) is 6.61 Å². The Labute approximate surface area is 102 Å². The second kappa shape index (κ2) is 3.25. The van der Waals surface area contributed by atoms with Crippen molar-refractivity contribution >= 4 is 5.97 Å². The Hall–Kier alpha value is -0.570. The Balaban J connectivity index is 1.54. The highest BCUT2D eigenvalue weighted by Gasteiger charge is 2.74. The smallest absolute Gasteiger partial charge is 0.338 e. The van der Waals surface area contributed by atoms with Crippen molar-refractivity contribution in [3.05, 3.63) is 0 Å². The molecule has 3 nitrogen and oxygen atoms in total. The number of esters is 1. The minimum atomic E-state index is -0.223. The third-order valence-corrected chi connectivity index (χ3v) is 5.74. The molecule has 3 saturated carbocycles. The molecule has 0 radical (unpaired) electrons. The van der Waals surface area contributed by atoms with Gasteiger partial charge in [-0.25, -0.2) is 4.79 Å². The van der Waals surface area contributed by atoms with Gasteiger partial charge in [0.2, 0.25) is 0 Å². The van der Waals surface area contributed by atoms with Crippen LogP contribution in [0.5, 0.6) is 0 Å². The van der Waals surface area contributed by atoms with Crippen molar-refractivity contribution in [1.82, 2.24) is 0 Å². The predicted octanol–water partition coefficient (Wildman–Crippen LogP) is 2.14. The van der Waals surface area contributed by atoms with E-state index in [1.165, 1.54) is 25.7 Å². The zero-order valence-electron chi connectivity index (χ0n) is 10.4. The van der Waals surface area contributed by atoms with E-state index in [4.69, 9.17) is 9.47 Å². The van der Waals surface area contributed by atoms with Crippen LogP contribution in [0.15, 0.2) is 0 Å². The van der Waals surface area contributed by atoms with Crippen LogP contribution >= 0.6 is 0 Å². The number of carbonyl (C=O) groups is 1. The molecule has 4 fully saturated rings. The fourth-order valence-corrected chi connectivity index (χ4v) is 5.22. The SMILES string of the molecule is CCOC(=O)C1OC12CC1CC2C2CCCC12. The van der Waals surface area contributed by atoms with Gasteiger partial charge in [0, 0.05) is 0 Å². The highest BCUT2D eigenvalue weighted by Crippen LogP contribution is 2.69. The second-order valence-corrected chi connectivity index (χ2v) is 6.27. The first-order chi connectivity index (χ1) is 8.26. The molecule has 0 aromatic rings. The maximum Gasteiger partial charge on any atom is 0.338 e. The Morgan fingerprint density at radius 3 is 3.06 bits per heavy atom. The van der Waals surface area contributed by atoms with Gasteiger partial charge in [0.25, 0.3) is 0 Å². The predicted molar refractivity (Wildman–Crippen MR) is 61.3 cm³/mol. The molecular weight excluding hydrogens is 216 g/mol. The molecular formula is C14H20O3. The van der Waals surface area contributed by atoms with Crippen molar-refractivity contribution in [2.24, 2.45) is 23.7 Å². The topological polar surface area (TPSA) is 38.8 Å². The first-order valence-corrected chi connectivity index (χ1v) is 7.10. The first kappa shape index (κ1) is 10.4. The Bertz CT molecular complexity index is 366. The number of fused-ring (bicyclic) bond motifs is 6. The second-order valence-electron chi connectivity index (χ2n) is 6.27. The minimum Gasteiger partial charge on any atom is -0.464 e. The molecule has 0 aromatic carbocycles. The maximum absolute atomic E-state index is 11.8. The number of epoxide rings is 1. The lowest BCUT2D eigenvalue weighted by Crippen LogP contribution is -2.35. The van der Waals surface area contributed by atoms with E-state index in [-0.39, 0.29) is 17.7 Å². The maximum atomic E-state index is 11.8. The zero-order chi connectivity index (χ0) is 11.6. The number of carbonyl (C=O) groups excluding carboxylic acids is 1. The summed E-state index contributed by atoms with van der Waals surface area (Å²) in [5.74, 6) is 3.20. The molecule has 1 heterocycles. The van der Waals surface area contributed by atoms with Crippen LogP contribution in [0.3, 0.4) is 0 Å². The summed E-state index contributed by atoms with van der Waals surface area (Å²) in [7, 11) is 0. The van der Waals surface area contributed by atoms with E-state index in [9.17, 15) is 4.79 Å². The van der Waals surface area contributed by atoms with E-state index in [0.717, 1.165) is 24.2 Å². The van der Waals surface area contributed by atoms with Gasteiger partial charge in [-0.05, 0) is 56.3 Å². The molecule has 1 saturated heterocycles. The van der Waals surface area contributed by atoms with Crippen LogP contribution in [0.4, 0.5) is 0 Å². The lowest BCUT2D eigenvalue weighted by molar-refractivity contribution is -0.144. The largest absolute Gasteiger partial charge is 0.464 e. The van der Waals surface area contributed by atoms with Crippen molar-refractivity contribution in [3.63, 3.8) is 0 Å². The van der Waals surface area contributed by atoms with Crippen LogP contribution in [0, 0.1) is 23.7 Å². The summed E-state index contributed by atoms with van der Waals surface area (Å²) in [5.41, 5.74) is -0.0809. The zero-order valence-corrected chi connectivity index (χ0v) is 10.4. The van der Waals surface area contributed by atoms with Crippen LogP contribution in [-0.4, -0.2) is 24.3 Å². The van der Waals surface area contributed by atoms with Crippen LogP contribution in [0.2, 0.25) is 0 Å². The van der Waals surface area contributed by atoms with Crippen LogP contribution in [0.25, 0.3) is 0 Å². The standard InChI is InChI=1S/C14H20O3/c1-2-16-13(15)12-14(17-12)7-8-6-11(14)10-5-3-4-9(8)10/h8-12H,2-7H2,1H3. The Kier molecular flexibility index (Phi) is 1.98. The highest BCUT2D eigenvalue weighted by atomic mass is 16.7. The van der Waals surface area contributed by atoms with Gasteiger partial charge in [-0.1, -0.05) is 6.42 Å². The van der Waals surface area contributed by atoms with Crippen molar-refractivity contribution in [3.8, 4) is 0 Å². The third kappa shape index (κ3) is 1.19. The third-order valence-electron chi connectivity index (χ3n) is 5.74. The van der Waals surface area contributed by atoms with Crippen molar-refractivity contribution in [2.75, 3.05) is 6.61 Å². The van der Waals surface area contributed by atoms with E-state index >= 15 is 0 Å². The Morgan fingerprint density at radius 1 is 1.41 bits per heavy atom. The van der Waals surface area contributed by atoms with E-state index in [1.54, 1.807) is 0 Å². The normalized spacial score (nSPS) is 54.1. The van der Waals surface area contributed by atoms with Crippen LogP contribution in [-0.2, 0) is 14.3 Å². The summed E-state index contributed by atoms with van der Waals surface area (Å²) < 4.78 is 11.0. The molecule has 3 heteroatoms. The average molecular weight is 236 g/mol. The molecule has 17 heavy (non-hydrogen) atoms. The van der Waals surface area contributed by atoms with Gasteiger partial charge >= 0.3 is 5.97 Å². The quantitative estimate of drug-likeness (QED) is 0.544. The average Bonchev–Trinajstić information content (AvgIpc) is 2.69. The summed E-state index contributed by atoms with van der Waals surface area (Å²) >= 11 is 0. The van der Waals surface area contributed by atoms with E-state index in [2.05, 4.69) is 0 Å². The highest BCUT2D eigenvalue weighted by molar-refractivity contribution is 5.79. The summed E-state index contributed by atoms with van der Waals surface area (Å²) in [6.45, 7) is 2.33. The van der Waals surface area contributed by atoms with Gasteiger partial charge < -0.3 is 9.47 Å². The fourth-order valence-electron chi connectivity index (χ4n) is 5.22. The number of hydrogen-bond donors (Lipinski definition) is 0. The molecule has 6 atom stereocenters. The molecule has 6 unspecified atom stereocenters. The van der Waals surface area contributed by atoms with Gasteiger partial charge in [-0.2, -0.15) is 0 Å². The van der Waals surface area contributed by atoms with Gasteiger partial charge in [-0.3, -0.25) is 0 Å². The number of ether oxygens (including phenoxy) is 2. The van der Waals surface area contributed by atoms with Crippen LogP contribution in [0.1, 0.15) is 39.0 Å². The summed E-state index contributed by atoms with van der Waals surface area (Å²) in [6.07, 6.45) is 6.40. The molecule has 2 bridgehead atoms. The number of rotatable bonds is 2. The number of hydrogen-bond acceptors (Lipinski definition) is 3. The monoisotopic (exact) mass is 236 g/mol. The van der Waals surface area contributed by atoms with Crippen LogP contribution < -0.4 is 0 Å².